The molecule has 1 N–H and O–H groups in total. The van der Waals surface area contributed by atoms with Gasteiger partial charge in [-0.05, 0) is 250 Å². The van der Waals surface area contributed by atoms with E-state index in [9.17, 15) is 38.4 Å². The summed E-state index contributed by atoms with van der Waals surface area (Å²) in [6, 6.07) is 67.6. The van der Waals surface area contributed by atoms with Gasteiger partial charge >= 0.3 is 11.4 Å². The van der Waals surface area contributed by atoms with Crippen LogP contribution in [-0.2, 0) is 32.6 Å². The average Bonchev–Trinajstić information content (AvgIpc) is 1.65. The second-order valence-electron chi connectivity index (χ2n) is 27.6. The number of benzene rings is 10. The van der Waals surface area contributed by atoms with E-state index in [2.05, 4.69) is 70.3 Å². The lowest BCUT2D eigenvalue weighted by Crippen LogP contribution is -2.41. The smallest absolute Gasteiger partial charge is 0.427 e. The SMILES string of the molecule is Cc1ccc(/C=C/C(=O)N2CC(=O)Nc3ccccc32)cc1C.Cc1ccc(/C=C/C(=O)N2CCOc3ccccc32)cc1C.Cc1ccc(/C=C/C(=O)N2CCc3ccccc32)cc1C.Cc1ccc(/C=C/C(=O)n2c(=O)n(C)c3ccccc32)cc1C.Cc1ccc(/C=C/C(=O)n2c(=O)oc3ccccc32)cc1C. The molecule has 17 heteroatoms. The number of carbonyl (C=O) groups excluding carboxylic acids is 6. The molecular weight excluding hydrogens is 1390 g/mol. The Morgan fingerprint density at radius 1 is 0.369 bits per heavy atom. The standard InChI is InChI=1S/2C19H18N2O2.C19H19NO2.C19H19NO.C18H15NO3/c1-13-8-9-15(12-14(13)2)10-11-18(22)21-17-7-5-4-6-16(17)20(3)19(21)23;1-13-7-8-15(11-14(13)2)9-10-19(23)21-12-18(22)20-16-5-3-4-6-17(16)21;1-14-7-8-16(13-15(14)2)9-10-19(21)20-11-12-22-18-6-4-3-5-17(18)20;1-14-7-8-16(13-15(14)2)9-10-19(21)20-12-11-17-5-3-4-6-18(17)20;1-12-7-8-14(11-13(12)2)9-10-17(20)19-15-5-3-4-6-16(15)22-18(19)21/h4-12H,1-3H3;3-11H,12H2,1-2H3,(H,20,22);3-10,13H,11-12H2,1-2H3;3-10,13H,11-12H2,1-2H3;3-11H,1-2H3/b11-10+;4*10-9+. The summed E-state index contributed by atoms with van der Waals surface area (Å²) in [4.78, 5) is 103. The van der Waals surface area contributed by atoms with Gasteiger partial charge in [0.2, 0.25) is 5.91 Å². The predicted molar refractivity (Wildman–Crippen MR) is 448 cm³/mol. The van der Waals surface area contributed by atoms with Gasteiger partial charge in [0.05, 0.1) is 40.2 Å². The fourth-order valence-corrected chi connectivity index (χ4v) is 12.7. The van der Waals surface area contributed by atoms with E-state index < -0.39 is 11.7 Å². The fraction of sp³-hybridized carbons (Fsp3) is 0.170. The molecule has 0 aliphatic carbocycles. The topological polar surface area (TPSA) is 195 Å². The molecule has 15 rings (SSSR count). The molecule has 0 spiro atoms. The number of amides is 4. The highest BCUT2D eigenvalue weighted by Crippen LogP contribution is 2.33. The second-order valence-corrected chi connectivity index (χ2v) is 27.6. The van der Waals surface area contributed by atoms with E-state index in [1.807, 2.05) is 197 Å². The molecule has 0 atom stereocenters. The van der Waals surface area contributed by atoms with Gasteiger partial charge in [-0.15, -0.1) is 0 Å². The third-order valence-electron chi connectivity index (χ3n) is 19.8. The number of nitrogens with one attached hydrogen (secondary N) is 1. The number of aryl methyl sites for hydroxylation is 11. The lowest BCUT2D eigenvalue weighted by Gasteiger charge is -2.28. The summed E-state index contributed by atoms with van der Waals surface area (Å²) in [6.07, 6.45) is 17.6. The van der Waals surface area contributed by atoms with Crippen LogP contribution in [0.1, 0.15) is 98.6 Å². The minimum atomic E-state index is -0.670. The Bertz CT molecular complexity index is 5840. The highest BCUT2D eigenvalue weighted by Gasteiger charge is 2.27. The number of allylic oxidation sites excluding steroid dienone is 2. The molecule has 560 valence electrons. The Labute approximate surface area is 646 Å². The summed E-state index contributed by atoms with van der Waals surface area (Å²) in [6.45, 7) is 22.5. The number of oxazole rings is 1. The first kappa shape index (κ1) is 78.5. The molecule has 0 bridgehead atoms. The van der Waals surface area contributed by atoms with Gasteiger partial charge in [-0.1, -0.05) is 158 Å². The summed E-state index contributed by atoms with van der Waals surface area (Å²) in [5.74, 6) is -1.02. The lowest BCUT2D eigenvalue weighted by atomic mass is 10.1. The van der Waals surface area contributed by atoms with Crippen LogP contribution in [0, 0.1) is 69.2 Å². The van der Waals surface area contributed by atoms with Crippen LogP contribution in [0.25, 0.3) is 52.5 Å². The van der Waals surface area contributed by atoms with Crippen molar-refractivity contribution in [3.05, 3.63) is 353 Å². The van der Waals surface area contributed by atoms with Crippen LogP contribution in [0.5, 0.6) is 5.75 Å². The van der Waals surface area contributed by atoms with Crippen LogP contribution in [0.15, 0.2) is 257 Å². The molecule has 0 unspecified atom stereocenters. The van der Waals surface area contributed by atoms with Crippen molar-refractivity contribution in [2.24, 2.45) is 7.05 Å². The van der Waals surface area contributed by atoms with Gasteiger partial charge in [0.15, 0.2) is 5.58 Å². The van der Waals surface area contributed by atoms with E-state index in [4.69, 9.17) is 9.15 Å². The molecule has 10 aromatic carbocycles. The molecule has 0 saturated carbocycles. The van der Waals surface area contributed by atoms with Gasteiger partial charge in [-0.2, -0.15) is 0 Å². The zero-order chi connectivity index (χ0) is 79.0. The normalized spacial score (nSPS) is 12.8. The van der Waals surface area contributed by atoms with Crippen LogP contribution in [0.4, 0.5) is 22.7 Å². The highest BCUT2D eigenvalue weighted by atomic mass is 16.5. The molecule has 0 fully saturated rings. The molecule has 4 amide bonds. The number of hydrogen-bond donors (Lipinski definition) is 1. The van der Waals surface area contributed by atoms with E-state index in [0.29, 0.717) is 35.5 Å². The maximum Gasteiger partial charge on any atom is 0.427 e. The Morgan fingerprint density at radius 2 is 0.757 bits per heavy atom. The Hall–Kier alpha value is -13.5. The van der Waals surface area contributed by atoms with Gasteiger partial charge in [0.1, 0.15) is 18.9 Å². The molecule has 2 aromatic heterocycles. The second kappa shape index (κ2) is 35.9. The summed E-state index contributed by atoms with van der Waals surface area (Å²) in [7, 11) is 1.67. The van der Waals surface area contributed by atoms with Gasteiger partial charge in [0.25, 0.3) is 29.5 Å². The Morgan fingerprint density at radius 3 is 1.25 bits per heavy atom. The minimum Gasteiger partial charge on any atom is -0.490 e. The Kier molecular flexibility index (Phi) is 25.4. The third kappa shape index (κ3) is 19.4. The number of fused-ring (bicyclic) bond motifs is 5. The van der Waals surface area contributed by atoms with Crippen molar-refractivity contribution in [1.82, 2.24) is 13.7 Å². The number of hydrogen-bond acceptors (Lipinski definition) is 10. The van der Waals surface area contributed by atoms with Crippen LogP contribution < -0.4 is 36.2 Å². The summed E-state index contributed by atoms with van der Waals surface area (Å²) in [5.41, 5.74) is 23.5. The summed E-state index contributed by atoms with van der Waals surface area (Å²) in [5, 5.41) is 2.78. The van der Waals surface area contributed by atoms with Crippen LogP contribution in [0.2, 0.25) is 0 Å². The first-order valence-electron chi connectivity index (χ1n) is 36.6. The number of anilines is 4. The Balaban J connectivity index is 0.000000137. The van der Waals surface area contributed by atoms with Crippen molar-refractivity contribution in [3.63, 3.8) is 0 Å². The molecule has 12 aromatic rings. The molecule has 0 saturated heterocycles. The van der Waals surface area contributed by atoms with Crippen LogP contribution in [0.3, 0.4) is 0 Å². The largest absolute Gasteiger partial charge is 0.490 e. The van der Waals surface area contributed by atoms with Crippen molar-refractivity contribution in [1.29, 1.82) is 0 Å². The van der Waals surface area contributed by atoms with Crippen molar-refractivity contribution < 1.29 is 37.9 Å². The first-order valence-corrected chi connectivity index (χ1v) is 36.6. The van der Waals surface area contributed by atoms with E-state index in [0.717, 1.165) is 79.2 Å². The number of aromatic nitrogens is 3. The van der Waals surface area contributed by atoms with E-state index in [1.165, 1.54) is 87.9 Å². The van der Waals surface area contributed by atoms with Gasteiger partial charge in [0, 0.05) is 49.7 Å². The molecule has 3 aliphatic rings. The number of carbonyl (C=O) groups is 6. The number of para-hydroxylation sites is 9. The zero-order valence-corrected chi connectivity index (χ0v) is 64.3. The van der Waals surface area contributed by atoms with Crippen molar-refractivity contribution in [3.8, 4) is 5.75 Å². The highest BCUT2D eigenvalue weighted by molar-refractivity contribution is 6.14. The van der Waals surface area contributed by atoms with E-state index >= 15 is 0 Å². The van der Waals surface area contributed by atoms with Crippen LogP contribution in [-0.4, -0.2) is 75.4 Å². The van der Waals surface area contributed by atoms with E-state index in [1.54, 1.807) is 78.7 Å². The molecule has 3 aliphatic heterocycles. The van der Waals surface area contributed by atoms with Gasteiger partial charge in [-0.25, -0.2) is 18.7 Å². The minimum absolute atomic E-state index is 0.0195. The summed E-state index contributed by atoms with van der Waals surface area (Å²) >= 11 is 0. The fourth-order valence-electron chi connectivity index (χ4n) is 12.7. The van der Waals surface area contributed by atoms with Crippen molar-refractivity contribution in [2.75, 3.05) is 46.3 Å². The number of imidazole rings is 1. The lowest BCUT2D eigenvalue weighted by molar-refractivity contribution is -0.119. The third-order valence-corrected chi connectivity index (χ3v) is 19.8. The van der Waals surface area contributed by atoms with Gasteiger partial charge < -0.3 is 24.3 Å². The molecule has 111 heavy (non-hydrogen) atoms. The van der Waals surface area contributed by atoms with Gasteiger partial charge in [-0.3, -0.25) is 38.2 Å². The van der Waals surface area contributed by atoms with Crippen molar-refractivity contribution >= 4 is 111 Å². The first-order chi connectivity index (χ1) is 53.4. The van der Waals surface area contributed by atoms with E-state index in [-0.39, 0.29) is 41.8 Å². The molecule has 17 nitrogen and oxygen atoms in total. The number of nitrogens with zero attached hydrogens (tertiary/aromatic N) is 6. The molecular formula is C94H89N7O10. The van der Waals surface area contributed by atoms with Crippen molar-refractivity contribution in [2.45, 2.75) is 75.7 Å². The number of ether oxygens (including phenoxy) is 1. The monoisotopic (exact) mass is 1480 g/mol. The quantitative estimate of drug-likeness (QED) is 0.129. The zero-order valence-electron chi connectivity index (χ0n) is 64.3. The number of rotatable bonds is 10. The maximum atomic E-state index is 12.5. The maximum absolute atomic E-state index is 12.5. The molecule has 5 heterocycles. The summed E-state index contributed by atoms with van der Waals surface area (Å²) < 4.78 is 14.4. The molecule has 0 radical (unpaired) electrons. The predicted octanol–water partition coefficient (Wildman–Crippen LogP) is 17.8. The average molecular weight is 1480 g/mol. The van der Waals surface area contributed by atoms with Crippen LogP contribution >= 0.6 is 0 Å².